The van der Waals surface area contributed by atoms with Crippen LogP contribution in [0.5, 0.6) is 5.75 Å². The van der Waals surface area contributed by atoms with Crippen molar-refractivity contribution < 1.29 is 15.3 Å². The smallest absolute Gasteiger partial charge is 0.124 e. The normalized spacial score (nSPS) is 25.0. The second-order valence-electron chi connectivity index (χ2n) is 10.00. The van der Waals surface area contributed by atoms with Crippen molar-refractivity contribution in [2.75, 3.05) is 13.1 Å². The predicted molar refractivity (Wildman–Crippen MR) is 112 cm³/mol. The molecule has 1 aromatic rings. The first kappa shape index (κ1) is 21.6. The molecule has 2 aliphatic heterocycles. The first-order valence-electron chi connectivity index (χ1n) is 10.7. The minimum atomic E-state index is -0.742. The molecular formula is C23H38N2O3. The Hall–Kier alpha value is -1.14. The van der Waals surface area contributed by atoms with Gasteiger partial charge in [0.2, 0.25) is 0 Å². The fraction of sp³-hybridized carbons (Fsp3) is 0.739. The van der Waals surface area contributed by atoms with Crippen LogP contribution >= 0.6 is 0 Å². The number of aromatic hydroxyl groups is 1. The molecular weight excluding hydrogens is 352 g/mol. The highest BCUT2D eigenvalue weighted by Gasteiger charge is 2.37. The highest BCUT2D eigenvalue weighted by molar-refractivity contribution is 5.43. The van der Waals surface area contributed by atoms with Crippen LogP contribution in [0.3, 0.4) is 0 Å². The van der Waals surface area contributed by atoms with Crippen LogP contribution in [0.15, 0.2) is 12.1 Å². The molecule has 158 valence electrons. The fourth-order valence-electron chi connectivity index (χ4n) is 5.24. The van der Waals surface area contributed by atoms with Gasteiger partial charge >= 0.3 is 0 Å². The third kappa shape index (κ3) is 4.70. The molecule has 0 bridgehead atoms. The quantitative estimate of drug-likeness (QED) is 0.696. The monoisotopic (exact) mass is 390 g/mol. The highest BCUT2D eigenvalue weighted by Crippen LogP contribution is 2.34. The van der Waals surface area contributed by atoms with Crippen molar-refractivity contribution in [1.29, 1.82) is 0 Å². The maximum Gasteiger partial charge on any atom is 0.124 e. The van der Waals surface area contributed by atoms with E-state index in [1.54, 1.807) is 0 Å². The number of hydrogen-bond donors (Lipinski definition) is 3. The van der Waals surface area contributed by atoms with Gasteiger partial charge in [0.05, 0.1) is 11.2 Å². The number of benzene rings is 1. The van der Waals surface area contributed by atoms with Crippen LogP contribution in [-0.4, -0.2) is 61.5 Å². The zero-order chi connectivity index (χ0) is 20.7. The Balaban J connectivity index is 1.81. The number of phenols is 1. The van der Waals surface area contributed by atoms with Crippen molar-refractivity contribution in [3.05, 3.63) is 28.8 Å². The van der Waals surface area contributed by atoms with E-state index in [-0.39, 0.29) is 12.1 Å². The van der Waals surface area contributed by atoms with Gasteiger partial charge in [-0.1, -0.05) is 17.7 Å². The molecule has 3 N–H and O–H groups in total. The van der Waals surface area contributed by atoms with Crippen LogP contribution in [0.4, 0.5) is 0 Å². The SMILES string of the molecule is Cc1cc(CN2CCCC2C(C)(C)O)c(O)c(CN2CCC[C@@H]2C(C)(C)O)c1. The molecule has 0 spiro atoms. The Morgan fingerprint density at radius 1 is 0.857 bits per heavy atom. The van der Waals surface area contributed by atoms with Crippen molar-refractivity contribution in [3.63, 3.8) is 0 Å². The van der Waals surface area contributed by atoms with Crippen LogP contribution in [0.1, 0.15) is 70.1 Å². The first-order chi connectivity index (χ1) is 13.0. The van der Waals surface area contributed by atoms with E-state index in [0.717, 1.165) is 55.5 Å². The average molecular weight is 391 g/mol. The van der Waals surface area contributed by atoms with Crippen LogP contribution < -0.4 is 0 Å². The summed E-state index contributed by atoms with van der Waals surface area (Å²) in [5.74, 6) is 0.369. The summed E-state index contributed by atoms with van der Waals surface area (Å²) in [6.45, 7) is 12.8. The summed E-state index contributed by atoms with van der Waals surface area (Å²) in [5, 5.41) is 32.0. The number of hydrogen-bond acceptors (Lipinski definition) is 5. The number of rotatable bonds is 6. The molecule has 3 rings (SSSR count). The van der Waals surface area contributed by atoms with Gasteiger partial charge in [-0.25, -0.2) is 0 Å². The Morgan fingerprint density at radius 2 is 1.25 bits per heavy atom. The van der Waals surface area contributed by atoms with Crippen LogP contribution in [0, 0.1) is 6.92 Å². The number of phenolic OH excluding ortho intramolecular Hbond substituents is 1. The molecule has 5 nitrogen and oxygen atoms in total. The van der Waals surface area contributed by atoms with Crippen molar-refractivity contribution in [2.45, 2.75) is 96.7 Å². The summed E-state index contributed by atoms with van der Waals surface area (Å²) in [6.07, 6.45) is 4.14. The first-order valence-corrected chi connectivity index (χ1v) is 10.7. The molecule has 1 unspecified atom stereocenters. The maximum absolute atomic E-state index is 11.0. The minimum Gasteiger partial charge on any atom is -0.507 e. The van der Waals surface area contributed by atoms with Crippen molar-refractivity contribution >= 4 is 0 Å². The molecule has 0 radical (unpaired) electrons. The Kier molecular flexibility index (Phi) is 6.12. The maximum atomic E-state index is 11.0. The molecule has 5 heteroatoms. The zero-order valence-electron chi connectivity index (χ0n) is 18.2. The predicted octanol–water partition coefficient (Wildman–Crippen LogP) is 3.17. The Morgan fingerprint density at radius 3 is 1.61 bits per heavy atom. The van der Waals surface area contributed by atoms with Gasteiger partial charge in [0, 0.05) is 36.3 Å². The van der Waals surface area contributed by atoms with E-state index >= 15 is 0 Å². The molecule has 0 amide bonds. The van der Waals surface area contributed by atoms with Gasteiger partial charge in [-0.15, -0.1) is 0 Å². The van der Waals surface area contributed by atoms with E-state index < -0.39 is 11.2 Å². The molecule has 0 saturated carbocycles. The third-order valence-corrected chi connectivity index (χ3v) is 6.52. The van der Waals surface area contributed by atoms with Crippen molar-refractivity contribution in [2.24, 2.45) is 0 Å². The van der Waals surface area contributed by atoms with Gasteiger partial charge in [0.25, 0.3) is 0 Å². The van der Waals surface area contributed by atoms with Crippen LogP contribution in [0.2, 0.25) is 0 Å². The lowest BCUT2D eigenvalue weighted by atomic mass is 9.95. The summed E-state index contributed by atoms with van der Waals surface area (Å²) in [4.78, 5) is 4.60. The summed E-state index contributed by atoms with van der Waals surface area (Å²) in [7, 11) is 0. The third-order valence-electron chi connectivity index (χ3n) is 6.52. The van der Waals surface area contributed by atoms with E-state index in [2.05, 4.69) is 28.9 Å². The van der Waals surface area contributed by atoms with E-state index in [9.17, 15) is 15.3 Å². The lowest BCUT2D eigenvalue weighted by Gasteiger charge is -2.35. The number of likely N-dealkylation sites (tertiary alicyclic amines) is 2. The van der Waals surface area contributed by atoms with Gasteiger partial charge in [-0.05, 0) is 73.4 Å². The van der Waals surface area contributed by atoms with E-state index in [1.165, 1.54) is 0 Å². The number of nitrogens with zero attached hydrogens (tertiary/aromatic N) is 2. The second-order valence-corrected chi connectivity index (χ2v) is 10.00. The van der Waals surface area contributed by atoms with E-state index in [0.29, 0.717) is 18.8 Å². The van der Waals surface area contributed by atoms with Crippen LogP contribution in [0.25, 0.3) is 0 Å². The van der Waals surface area contributed by atoms with Gasteiger partial charge < -0.3 is 15.3 Å². The molecule has 2 aliphatic rings. The average Bonchev–Trinajstić information content (AvgIpc) is 3.19. The summed E-state index contributed by atoms with van der Waals surface area (Å²) in [6, 6.07) is 4.37. The molecule has 0 aliphatic carbocycles. The molecule has 2 atom stereocenters. The summed E-state index contributed by atoms with van der Waals surface area (Å²) < 4.78 is 0. The minimum absolute atomic E-state index is 0.119. The molecule has 0 aromatic heterocycles. The lowest BCUT2D eigenvalue weighted by molar-refractivity contribution is -0.00562. The molecule has 2 heterocycles. The number of aryl methyl sites for hydroxylation is 1. The topological polar surface area (TPSA) is 67.2 Å². The van der Waals surface area contributed by atoms with Gasteiger partial charge in [0.1, 0.15) is 5.75 Å². The lowest BCUT2D eigenvalue weighted by Crippen LogP contribution is -2.45. The molecule has 2 fully saturated rings. The van der Waals surface area contributed by atoms with Gasteiger partial charge in [-0.2, -0.15) is 0 Å². The Labute approximate surface area is 170 Å². The summed E-state index contributed by atoms with van der Waals surface area (Å²) in [5.41, 5.74) is 1.53. The van der Waals surface area contributed by atoms with Gasteiger partial charge in [-0.3, -0.25) is 9.80 Å². The molecule has 1 aromatic carbocycles. The largest absolute Gasteiger partial charge is 0.507 e. The van der Waals surface area contributed by atoms with Crippen molar-refractivity contribution in [3.8, 4) is 5.75 Å². The summed E-state index contributed by atoms with van der Waals surface area (Å²) >= 11 is 0. The standard InChI is InChI=1S/C23H38N2O3/c1-16-12-17(14-24-10-6-8-19(24)22(2,3)27)21(26)18(13-16)15-25-11-7-9-20(25)23(4,5)28/h12-13,19-20,26-28H,6-11,14-15H2,1-5H3/t19-,20?/m1/s1. The Bertz CT molecular complexity index is 635. The van der Waals surface area contributed by atoms with Crippen molar-refractivity contribution in [1.82, 2.24) is 9.80 Å². The van der Waals surface area contributed by atoms with E-state index in [1.807, 2.05) is 27.7 Å². The van der Waals surface area contributed by atoms with E-state index in [4.69, 9.17) is 0 Å². The molecule has 2 saturated heterocycles. The fourth-order valence-corrected chi connectivity index (χ4v) is 5.24. The second kappa shape index (κ2) is 7.94. The zero-order valence-corrected chi connectivity index (χ0v) is 18.2. The highest BCUT2D eigenvalue weighted by atomic mass is 16.3. The molecule has 28 heavy (non-hydrogen) atoms. The number of aliphatic hydroxyl groups is 2. The van der Waals surface area contributed by atoms with Gasteiger partial charge in [0.15, 0.2) is 0 Å². The van der Waals surface area contributed by atoms with Crippen LogP contribution in [-0.2, 0) is 13.1 Å².